The summed E-state index contributed by atoms with van der Waals surface area (Å²) in [6.45, 7) is 2.26. The average Bonchev–Trinajstić information content (AvgIpc) is 2.97. The van der Waals surface area contributed by atoms with E-state index in [0.717, 1.165) is 24.2 Å². The van der Waals surface area contributed by atoms with Crippen LogP contribution in [-0.2, 0) is 0 Å². The second-order valence-corrected chi connectivity index (χ2v) is 4.81. The largest absolute Gasteiger partial charge is 0.349 e. The van der Waals surface area contributed by atoms with Crippen molar-refractivity contribution >= 4 is 5.91 Å². The number of nitrogens with zero attached hydrogens (tertiary/aromatic N) is 2. The highest BCUT2D eigenvalue weighted by Crippen LogP contribution is 2.18. The molecular weight excluding hydrogens is 252 g/mol. The van der Waals surface area contributed by atoms with Gasteiger partial charge in [0.2, 0.25) is 0 Å². The Kier molecular flexibility index (Phi) is 4.52. The minimum absolute atomic E-state index is 0.0221. The van der Waals surface area contributed by atoms with Crippen LogP contribution in [0.15, 0.2) is 12.1 Å². The van der Waals surface area contributed by atoms with Crippen LogP contribution in [0.3, 0.4) is 0 Å². The van der Waals surface area contributed by atoms with Gasteiger partial charge in [0.05, 0.1) is 0 Å². The van der Waals surface area contributed by atoms with Gasteiger partial charge in [-0.05, 0) is 45.0 Å². The van der Waals surface area contributed by atoms with Crippen LogP contribution in [0.5, 0.6) is 0 Å². The maximum Gasteiger partial charge on any atom is 0.319 e. The van der Waals surface area contributed by atoms with Crippen molar-refractivity contribution in [3.8, 4) is 0 Å². The first kappa shape index (κ1) is 14.0. The van der Waals surface area contributed by atoms with Crippen LogP contribution in [0.2, 0.25) is 0 Å². The Bertz CT molecular complexity index is 439. The van der Waals surface area contributed by atoms with E-state index < -0.39 is 12.5 Å². The number of nitrogens with one attached hydrogen (secondary N) is 1. The van der Waals surface area contributed by atoms with Gasteiger partial charge in [0.15, 0.2) is 0 Å². The molecular formula is C13H19F2N3O. The molecule has 1 saturated heterocycles. The Morgan fingerprint density at radius 3 is 2.68 bits per heavy atom. The lowest BCUT2D eigenvalue weighted by atomic mass is 10.4. The molecule has 0 atom stereocenters. The first-order valence-corrected chi connectivity index (χ1v) is 6.56. The van der Waals surface area contributed by atoms with E-state index in [1.807, 2.05) is 0 Å². The zero-order chi connectivity index (χ0) is 13.8. The van der Waals surface area contributed by atoms with Gasteiger partial charge in [-0.3, -0.25) is 9.36 Å². The monoisotopic (exact) mass is 271 g/mol. The predicted octanol–water partition coefficient (Wildman–Crippen LogP) is 2.02. The third kappa shape index (κ3) is 3.32. The minimum Gasteiger partial charge on any atom is -0.349 e. The number of alkyl halides is 2. The number of halogens is 2. The molecule has 1 aromatic heterocycles. The highest BCUT2D eigenvalue weighted by molar-refractivity contribution is 5.92. The molecule has 1 N–H and O–H groups in total. The molecule has 0 aliphatic carbocycles. The zero-order valence-electron chi connectivity index (χ0n) is 11.0. The fourth-order valence-corrected chi connectivity index (χ4v) is 2.42. The number of carbonyl (C=O) groups is 1. The average molecular weight is 271 g/mol. The van der Waals surface area contributed by atoms with Crippen molar-refractivity contribution in [3.05, 3.63) is 23.5 Å². The molecule has 0 aromatic carbocycles. The second-order valence-electron chi connectivity index (χ2n) is 4.81. The molecule has 1 amide bonds. The highest BCUT2D eigenvalue weighted by atomic mass is 19.3. The Morgan fingerprint density at radius 1 is 1.37 bits per heavy atom. The SMILES string of the molecule is Cc1ccc(C(=O)NCCN2CCCC2)n1C(F)F. The zero-order valence-corrected chi connectivity index (χ0v) is 11.0. The summed E-state index contributed by atoms with van der Waals surface area (Å²) in [4.78, 5) is 14.1. The predicted molar refractivity (Wildman–Crippen MR) is 68.4 cm³/mol. The van der Waals surface area contributed by atoms with Crippen molar-refractivity contribution in [2.45, 2.75) is 26.3 Å². The van der Waals surface area contributed by atoms with Crippen LogP contribution >= 0.6 is 0 Å². The van der Waals surface area contributed by atoms with Gasteiger partial charge < -0.3 is 10.2 Å². The molecule has 1 aliphatic heterocycles. The van der Waals surface area contributed by atoms with Crippen LogP contribution in [0.4, 0.5) is 8.78 Å². The lowest BCUT2D eigenvalue weighted by molar-refractivity contribution is 0.0617. The third-order valence-electron chi connectivity index (χ3n) is 3.46. The molecule has 0 saturated carbocycles. The van der Waals surface area contributed by atoms with Crippen LogP contribution in [-0.4, -0.2) is 41.6 Å². The molecule has 2 heterocycles. The molecule has 6 heteroatoms. The number of carbonyl (C=O) groups excluding carboxylic acids is 1. The van der Waals surface area contributed by atoms with Gasteiger partial charge in [0.25, 0.3) is 5.91 Å². The Balaban J connectivity index is 1.89. The van der Waals surface area contributed by atoms with Crippen molar-refractivity contribution in [3.63, 3.8) is 0 Å². The molecule has 0 radical (unpaired) electrons. The standard InChI is InChI=1S/C13H19F2N3O/c1-10-4-5-11(18(10)13(14)15)12(19)16-6-9-17-7-2-3-8-17/h4-5,13H,2-3,6-9H2,1H3,(H,16,19). The van der Waals surface area contributed by atoms with E-state index in [1.165, 1.54) is 25.0 Å². The van der Waals surface area contributed by atoms with Crippen LogP contribution in [0.1, 0.15) is 35.6 Å². The molecule has 0 bridgehead atoms. The smallest absolute Gasteiger partial charge is 0.319 e. The molecule has 106 valence electrons. The van der Waals surface area contributed by atoms with Crippen molar-refractivity contribution in [2.75, 3.05) is 26.2 Å². The van der Waals surface area contributed by atoms with Gasteiger partial charge in [0.1, 0.15) is 5.69 Å². The molecule has 1 aliphatic rings. The fraction of sp³-hybridized carbons (Fsp3) is 0.615. The van der Waals surface area contributed by atoms with Gasteiger partial charge in [-0.25, -0.2) is 0 Å². The molecule has 1 aromatic rings. The van der Waals surface area contributed by atoms with Crippen molar-refractivity contribution in [1.82, 2.24) is 14.8 Å². The van der Waals surface area contributed by atoms with Crippen LogP contribution in [0.25, 0.3) is 0 Å². The minimum atomic E-state index is -2.69. The van der Waals surface area contributed by atoms with Crippen molar-refractivity contribution < 1.29 is 13.6 Å². The summed E-state index contributed by atoms with van der Waals surface area (Å²) in [6, 6.07) is 2.97. The van der Waals surface area contributed by atoms with Crippen LogP contribution < -0.4 is 5.32 Å². The number of aryl methyl sites for hydroxylation is 1. The summed E-state index contributed by atoms with van der Waals surface area (Å²) in [6.07, 6.45) is 2.39. The van der Waals surface area contributed by atoms with E-state index in [4.69, 9.17) is 0 Å². The quantitative estimate of drug-likeness (QED) is 0.889. The molecule has 2 rings (SSSR count). The summed E-state index contributed by atoms with van der Waals surface area (Å²) in [7, 11) is 0. The Labute approximate surface area is 111 Å². The number of likely N-dealkylation sites (tertiary alicyclic amines) is 1. The summed E-state index contributed by atoms with van der Waals surface area (Å²) >= 11 is 0. The van der Waals surface area contributed by atoms with Crippen LogP contribution in [0, 0.1) is 6.92 Å². The summed E-state index contributed by atoms with van der Waals surface area (Å²) in [5.41, 5.74) is 0.411. The van der Waals surface area contributed by atoms with E-state index in [2.05, 4.69) is 10.2 Å². The molecule has 0 unspecified atom stereocenters. The molecule has 1 fully saturated rings. The molecule has 4 nitrogen and oxygen atoms in total. The van der Waals surface area contributed by atoms with Crippen molar-refractivity contribution in [1.29, 1.82) is 0 Å². The van der Waals surface area contributed by atoms with E-state index in [0.29, 0.717) is 12.2 Å². The number of rotatable bonds is 5. The Morgan fingerprint density at radius 2 is 2.05 bits per heavy atom. The lowest BCUT2D eigenvalue weighted by Crippen LogP contribution is -2.34. The first-order chi connectivity index (χ1) is 9.09. The summed E-state index contributed by atoms with van der Waals surface area (Å²) in [5.74, 6) is -0.437. The molecule has 19 heavy (non-hydrogen) atoms. The van der Waals surface area contributed by atoms with Gasteiger partial charge in [0, 0.05) is 18.8 Å². The number of hydrogen-bond donors (Lipinski definition) is 1. The maximum absolute atomic E-state index is 12.8. The topological polar surface area (TPSA) is 37.3 Å². The van der Waals surface area contributed by atoms with E-state index in [-0.39, 0.29) is 5.69 Å². The van der Waals surface area contributed by atoms with E-state index in [9.17, 15) is 13.6 Å². The highest BCUT2D eigenvalue weighted by Gasteiger charge is 2.19. The molecule has 0 spiro atoms. The van der Waals surface area contributed by atoms with Crippen molar-refractivity contribution in [2.24, 2.45) is 0 Å². The van der Waals surface area contributed by atoms with E-state index >= 15 is 0 Å². The maximum atomic E-state index is 12.8. The van der Waals surface area contributed by atoms with Gasteiger partial charge in [-0.2, -0.15) is 8.78 Å². The fourth-order valence-electron chi connectivity index (χ4n) is 2.42. The van der Waals surface area contributed by atoms with Gasteiger partial charge in [-0.1, -0.05) is 0 Å². The lowest BCUT2D eigenvalue weighted by Gasteiger charge is -2.15. The summed E-state index contributed by atoms with van der Waals surface area (Å²) < 4.78 is 26.4. The number of hydrogen-bond acceptors (Lipinski definition) is 2. The van der Waals surface area contributed by atoms with E-state index in [1.54, 1.807) is 6.92 Å². The van der Waals surface area contributed by atoms with Gasteiger partial charge >= 0.3 is 6.55 Å². The first-order valence-electron chi connectivity index (χ1n) is 6.56. The normalized spacial score (nSPS) is 16.2. The number of aromatic nitrogens is 1. The number of amides is 1. The third-order valence-corrected chi connectivity index (χ3v) is 3.46. The van der Waals surface area contributed by atoms with Gasteiger partial charge in [-0.15, -0.1) is 0 Å². The Hall–Kier alpha value is -1.43. The summed E-state index contributed by atoms with van der Waals surface area (Å²) in [5, 5.41) is 2.70. The second kappa shape index (κ2) is 6.14.